The zero-order valence-electron chi connectivity index (χ0n) is 14.7. The van der Waals surface area contributed by atoms with Crippen LogP contribution in [0.1, 0.15) is 20.3 Å². The average Bonchev–Trinajstić information content (AvgIpc) is 2.46. The highest BCUT2D eigenvalue weighted by atomic mass is 32.2. The van der Waals surface area contributed by atoms with E-state index < -0.39 is 34.1 Å². The van der Waals surface area contributed by atoms with E-state index in [0.717, 1.165) is 10.4 Å². The third-order valence-corrected chi connectivity index (χ3v) is 5.24. The maximum atomic E-state index is 12.6. The van der Waals surface area contributed by atoms with Gasteiger partial charge in [0.15, 0.2) is 5.60 Å². The third kappa shape index (κ3) is 5.08. The number of halogens is 3. The summed E-state index contributed by atoms with van der Waals surface area (Å²) in [7, 11) is -1.31. The number of rotatable bonds is 7. The quantitative estimate of drug-likeness (QED) is 0.732. The van der Waals surface area contributed by atoms with Gasteiger partial charge in [-0.25, -0.2) is 12.7 Å². The molecular weight excluding hydrogens is 377 g/mol. The molecule has 2 N–H and O–H groups in total. The van der Waals surface area contributed by atoms with Gasteiger partial charge in [0.2, 0.25) is 15.9 Å². The van der Waals surface area contributed by atoms with Gasteiger partial charge in [-0.05, 0) is 32.0 Å². The highest BCUT2D eigenvalue weighted by Gasteiger charge is 2.51. The van der Waals surface area contributed by atoms with E-state index in [0.29, 0.717) is 6.92 Å². The fraction of sp³-hybridized carbons (Fsp3) is 0.533. The summed E-state index contributed by atoms with van der Waals surface area (Å²) in [6.07, 6.45) is -6.22. The number of carbonyl (C=O) groups is 1. The van der Waals surface area contributed by atoms with Crippen LogP contribution in [-0.2, 0) is 14.8 Å². The van der Waals surface area contributed by atoms with Crippen LogP contribution >= 0.6 is 0 Å². The molecule has 0 spiro atoms. The monoisotopic (exact) mass is 398 g/mol. The predicted molar refractivity (Wildman–Crippen MR) is 88.4 cm³/mol. The van der Waals surface area contributed by atoms with Crippen molar-refractivity contribution in [2.45, 2.75) is 36.9 Å². The largest absolute Gasteiger partial charge is 0.492 e. The van der Waals surface area contributed by atoms with Crippen molar-refractivity contribution in [1.82, 2.24) is 4.31 Å². The fourth-order valence-electron chi connectivity index (χ4n) is 1.88. The van der Waals surface area contributed by atoms with Crippen molar-refractivity contribution in [3.05, 3.63) is 18.2 Å². The van der Waals surface area contributed by atoms with Crippen LogP contribution < -0.4 is 10.1 Å². The summed E-state index contributed by atoms with van der Waals surface area (Å²) in [5, 5.41) is 11.5. The van der Waals surface area contributed by atoms with Gasteiger partial charge in [0.05, 0.1) is 13.0 Å². The van der Waals surface area contributed by atoms with Gasteiger partial charge in [-0.15, -0.1) is 0 Å². The van der Waals surface area contributed by atoms with Crippen molar-refractivity contribution in [3.63, 3.8) is 0 Å². The number of carbonyl (C=O) groups excluding carboxylic acids is 1. The summed E-state index contributed by atoms with van der Waals surface area (Å²) in [4.78, 5) is 11.6. The molecule has 0 saturated heterocycles. The van der Waals surface area contributed by atoms with Gasteiger partial charge in [0.1, 0.15) is 10.6 Å². The molecule has 0 aliphatic rings. The number of anilines is 1. The number of amides is 1. The van der Waals surface area contributed by atoms with Crippen LogP contribution in [0.25, 0.3) is 0 Å². The summed E-state index contributed by atoms with van der Waals surface area (Å²) in [5.74, 6) is -1.08. The predicted octanol–water partition coefficient (Wildman–Crippen LogP) is 1.98. The molecule has 0 aromatic heterocycles. The average molecular weight is 398 g/mol. The van der Waals surface area contributed by atoms with Gasteiger partial charge in [0.25, 0.3) is 0 Å². The lowest BCUT2D eigenvalue weighted by Gasteiger charge is -2.25. The van der Waals surface area contributed by atoms with E-state index in [1.54, 1.807) is 6.92 Å². The Morgan fingerprint density at radius 2 is 1.88 bits per heavy atom. The maximum absolute atomic E-state index is 12.6. The van der Waals surface area contributed by atoms with E-state index in [2.05, 4.69) is 5.32 Å². The summed E-state index contributed by atoms with van der Waals surface area (Å²) >= 11 is 0. The second-order valence-corrected chi connectivity index (χ2v) is 8.00. The molecular formula is C15H21F3N2O5S. The normalized spacial score (nSPS) is 14.8. The molecule has 1 atom stereocenters. The van der Waals surface area contributed by atoms with E-state index in [9.17, 15) is 31.5 Å². The Labute approximate surface area is 149 Å². The minimum Gasteiger partial charge on any atom is -0.492 e. The minimum absolute atomic E-state index is 0.0430. The number of ether oxygens (including phenoxy) is 1. The third-order valence-electron chi connectivity index (χ3n) is 3.40. The van der Waals surface area contributed by atoms with E-state index >= 15 is 0 Å². The molecule has 0 saturated carbocycles. The number of hydrogen-bond acceptors (Lipinski definition) is 5. The highest BCUT2D eigenvalue weighted by molar-refractivity contribution is 7.89. The van der Waals surface area contributed by atoms with Crippen LogP contribution in [0.2, 0.25) is 0 Å². The first-order valence-electron chi connectivity index (χ1n) is 7.50. The number of hydrogen-bond donors (Lipinski definition) is 2. The second kappa shape index (κ2) is 7.80. The number of nitrogens with zero attached hydrogens (tertiary/aromatic N) is 1. The van der Waals surface area contributed by atoms with E-state index in [1.807, 2.05) is 0 Å². The molecule has 148 valence electrons. The van der Waals surface area contributed by atoms with E-state index in [-0.39, 0.29) is 22.9 Å². The minimum atomic E-state index is -4.98. The van der Waals surface area contributed by atoms with Crippen LogP contribution in [0, 0.1) is 0 Å². The number of aliphatic hydroxyl groups is 1. The first kappa shape index (κ1) is 22.2. The van der Waals surface area contributed by atoms with Gasteiger partial charge < -0.3 is 15.2 Å². The lowest BCUT2D eigenvalue weighted by Crippen LogP contribution is -2.44. The van der Waals surface area contributed by atoms with Crippen molar-refractivity contribution in [3.8, 4) is 5.75 Å². The Bertz CT molecular complexity index is 761. The standard InChI is InChI=1S/C15H21F3N2O5S/c1-5-25-11-7-6-10(8-12(11)26(23,24)20(3)4)19-13(21)9-14(2,22)15(16,17)18/h6-8,22H,5,9H2,1-4H3,(H,19,21)/t14-/m0/s1. The fourth-order valence-corrected chi connectivity index (χ4v) is 2.93. The smallest absolute Gasteiger partial charge is 0.417 e. The molecule has 0 radical (unpaired) electrons. The molecule has 26 heavy (non-hydrogen) atoms. The van der Waals surface area contributed by atoms with Crippen LogP contribution in [0.5, 0.6) is 5.75 Å². The Morgan fingerprint density at radius 3 is 2.35 bits per heavy atom. The molecule has 0 bridgehead atoms. The highest BCUT2D eigenvalue weighted by Crippen LogP contribution is 2.33. The first-order valence-corrected chi connectivity index (χ1v) is 8.94. The topological polar surface area (TPSA) is 95.9 Å². The molecule has 0 heterocycles. The van der Waals surface area contributed by atoms with Crippen LogP contribution in [0.3, 0.4) is 0 Å². The Kier molecular flexibility index (Phi) is 6.66. The Balaban J connectivity index is 3.15. The van der Waals surface area contributed by atoms with Crippen molar-refractivity contribution in [2.75, 3.05) is 26.0 Å². The zero-order valence-corrected chi connectivity index (χ0v) is 15.5. The van der Waals surface area contributed by atoms with Crippen LogP contribution in [0.15, 0.2) is 23.1 Å². The van der Waals surface area contributed by atoms with E-state index in [1.165, 1.54) is 26.2 Å². The van der Waals surface area contributed by atoms with Crippen LogP contribution in [0.4, 0.5) is 18.9 Å². The van der Waals surface area contributed by atoms with Crippen LogP contribution in [-0.4, -0.2) is 56.2 Å². The summed E-state index contributed by atoms with van der Waals surface area (Å²) in [6.45, 7) is 2.32. The molecule has 0 aliphatic heterocycles. The van der Waals surface area contributed by atoms with Gasteiger partial charge in [-0.3, -0.25) is 4.79 Å². The van der Waals surface area contributed by atoms with E-state index in [4.69, 9.17) is 4.74 Å². The zero-order chi connectivity index (χ0) is 20.3. The molecule has 11 heteroatoms. The van der Waals surface area contributed by atoms with Crippen molar-refractivity contribution in [1.29, 1.82) is 0 Å². The number of nitrogens with one attached hydrogen (secondary N) is 1. The van der Waals surface area contributed by atoms with Crippen molar-refractivity contribution in [2.24, 2.45) is 0 Å². The molecule has 0 fully saturated rings. The molecule has 7 nitrogen and oxygen atoms in total. The molecule has 0 unspecified atom stereocenters. The summed E-state index contributed by atoms with van der Waals surface area (Å²) < 4.78 is 68.9. The van der Waals surface area contributed by atoms with Gasteiger partial charge in [0, 0.05) is 19.8 Å². The molecule has 0 aliphatic carbocycles. The van der Waals surface area contributed by atoms with Crippen molar-refractivity contribution < 1.29 is 36.2 Å². The molecule has 1 aromatic rings. The number of alkyl halides is 3. The SMILES string of the molecule is CCOc1ccc(NC(=O)C[C@](C)(O)C(F)(F)F)cc1S(=O)(=O)N(C)C. The van der Waals surface area contributed by atoms with Crippen molar-refractivity contribution >= 4 is 21.6 Å². The number of sulfonamides is 1. The Hall–Kier alpha value is -1.85. The molecule has 1 rings (SSSR count). The number of benzene rings is 1. The molecule has 1 aromatic carbocycles. The van der Waals surface area contributed by atoms with Gasteiger partial charge >= 0.3 is 6.18 Å². The maximum Gasteiger partial charge on any atom is 0.417 e. The summed E-state index contributed by atoms with van der Waals surface area (Å²) in [6, 6.07) is 3.66. The van der Waals surface area contributed by atoms with Gasteiger partial charge in [-0.2, -0.15) is 13.2 Å². The lowest BCUT2D eigenvalue weighted by atomic mass is 10.0. The first-order chi connectivity index (χ1) is 11.7. The van der Waals surface area contributed by atoms with Gasteiger partial charge in [-0.1, -0.05) is 0 Å². The Morgan fingerprint density at radius 1 is 1.31 bits per heavy atom. The second-order valence-electron chi connectivity index (χ2n) is 5.88. The molecule has 1 amide bonds. The lowest BCUT2D eigenvalue weighted by molar-refractivity contribution is -0.252. The summed E-state index contributed by atoms with van der Waals surface area (Å²) in [5.41, 5.74) is -3.25.